The fourth-order valence-electron chi connectivity index (χ4n) is 4.08. The van der Waals surface area contributed by atoms with Crippen LogP contribution in [0, 0.1) is 5.92 Å². The topological polar surface area (TPSA) is 38.8 Å². The lowest BCUT2D eigenvalue weighted by Gasteiger charge is -2.32. The first-order chi connectivity index (χ1) is 10.7. The fraction of sp³-hybridized carbons (Fsp3) is 0.389. The Morgan fingerprint density at radius 1 is 1.45 bits per heavy atom. The van der Waals surface area contributed by atoms with Crippen LogP contribution < -0.4 is 9.64 Å². The van der Waals surface area contributed by atoms with Crippen LogP contribution in [-0.4, -0.2) is 30.8 Å². The highest BCUT2D eigenvalue weighted by molar-refractivity contribution is 6.01. The van der Waals surface area contributed by atoms with Crippen molar-refractivity contribution in [3.05, 3.63) is 49.1 Å². The van der Waals surface area contributed by atoms with Crippen molar-refractivity contribution >= 4 is 11.6 Å². The van der Waals surface area contributed by atoms with Gasteiger partial charge in [-0.1, -0.05) is 18.2 Å². The average Bonchev–Trinajstić information content (AvgIpc) is 3.19. The fourth-order valence-corrected chi connectivity index (χ4v) is 4.08. The summed E-state index contributed by atoms with van der Waals surface area (Å²) in [6.45, 7) is 3.86. The molecule has 4 unspecified atom stereocenters. The number of methoxy groups -OCH3 is 1. The van der Waals surface area contributed by atoms with Crippen LogP contribution in [-0.2, 0) is 9.53 Å². The van der Waals surface area contributed by atoms with Gasteiger partial charge in [0, 0.05) is 5.69 Å². The number of hydrogen-bond donors (Lipinski definition) is 0. The van der Waals surface area contributed by atoms with Gasteiger partial charge >= 0.3 is 0 Å². The van der Waals surface area contributed by atoms with Crippen LogP contribution in [0.4, 0.5) is 5.69 Å². The monoisotopic (exact) mass is 297 g/mol. The number of anilines is 1. The minimum atomic E-state index is -0.476. The number of amides is 1. The van der Waals surface area contributed by atoms with Crippen molar-refractivity contribution in [1.82, 2.24) is 0 Å². The lowest BCUT2D eigenvalue weighted by molar-refractivity contribution is -0.121. The molecule has 2 saturated heterocycles. The van der Waals surface area contributed by atoms with Gasteiger partial charge in [0.25, 0.3) is 0 Å². The third-order valence-electron chi connectivity index (χ3n) is 5.05. The minimum absolute atomic E-state index is 0.0281. The van der Waals surface area contributed by atoms with Crippen LogP contribution in [0.15, 0.2) is 49.1 Å². The Labute approximate surface area is 130 Å². The number of ether oxygens (including phenoxy) is 2. The maximum atomic E-state index is 13.0. The molecule has 3 aliphatic rings. The van der Waals surface area contributed by atoms with Crippen LogP contribution in [0.1, 0.15) is 12.8 Å². The van der Waals surface area contributed by atoms with Crippen molar-refractivity contribution in [2.45, 2.75) is 30.6 Å². The predicted molar refractivity (Wildman–Crippen MR) is 83.9 cm³/mol. The first kappa shape index (κ1) is 13.6. The second-order valence-electron chi connectivity index (χ2n) is 6.10. The van der Waals surface area contributed by atoms with Crippen molar-refractivity contribution in [3.63, 3.8) is 0 Å². The van der Waals surface area contributed by atoms with E-state index in [1.54, 1.807) is 7.11 Å². The van der Waals surface area contributed by atoms with Crippen molar-refractivity contribution in [1.29, 1.82) is 0 Å². The molecule has 1 amide bonds. The van der Waals surface area contributed by atoms with Crippen LogP contribution in [0.25, 0.3) is 0 Å². The van der Waals surface area contributed by atoms with Crippen LogP contribution in [0.3, 0.4) is 0 Å². The van der Waals surface area contributed by atoms with E-state index in [2.05, 4.69) is 18.7 Å². The van der Waals surface area contributed by atoms with Gasteiger partial charge in [0.1, 0.15) is 11.4 Å². The summed E-state index contributed by atoms with van der Waals surface area (Å²) in [5.41, 5.74) is 0.414. The van der Waals surface area contributed by atoms with E-state index in [1.807, 2.05) is 35.2 Å². The molecule has 0 aromatic heterocycles. The van der Waals surface area contributed by atoms with E-state index < -0.39 is 5.60 Å². The highest BCUT2D eigenvalue weighted by Crippen LogP contribution is 2.53. The third kappa shape index (κ3) is 1.64. The molecule has 2 bridgehead atoms. The number of rotatable bonds is 4. The van der Waals surface area contributed by atoms with Crippen molar-refractivity contribution in [2.24, 2.45) is 5.92 Å². The van der Waals surface area contributed by atoms with Crippen LogP contribution >= 0.6 is 0 Å². The quantitative estimate of drug-likeness (QED) is 0.802. The van der Waals surface area contributed by atoms with Crippen molar-refractivity contribution < 1.29 is 14.3 Å². The van der Waals surface area contributed by atoms with Gasteiger partial charge in [-0.25, -0.2) is 0 Å². The zero-order valence-electron chi connectivity index (χ0n) is 12.6. The SMILES string of the molecule is C=CCC1N(c2ccc(OC)cc2)C(=O)C2CC3C=CC21O3. The van der Waals surface area contributed by atoms with E-state index in [-0.39, 0.29) is 24.0 Å². The number of benzene rings is 1. The van der Waals surface area contributed by atoms with Gasteiger partial charge in [0.15, 0.2) is 0 Å². The number of carbonyl (C=O) groups excluding carboxylic acids is 1. The summed E-state index contributed by atoms with van der Waals surface area (Å²) in [4.78, 5) is 14.8. The zero-order chi connectivity index (χ0) is 15.3. The number of fused-ring (bicyclic) bond motifs is 1. The largest absolute Gasteiger partial charge is 0.497 e. The average molecular weight is 297 g/mol. The maximum absolute atomic E-state index is 13.0. The van der Waals surface area contributed by atoms with Gasteiger partial charge in [-0.3, -0.25) is 4.79 Å². The molecule has 22 heavy (non-hydrogen) atoms. The maximum Gasteiger partial charge on any atom is 0.233 e. The van der Waals surface area contributed by atoms with Gasteiger partial charge in [-0.05, 0) is 37.1 Å². The van der Waals surface area contributed by atoms with Crippen molar-refractivity contribution in [2.75, 3.05) is 12.0 Å². The summed E-state index contributed by atoms with van der Waals surface area (Å²) < 4.78 is 11.4. The Kier molecular flexibility index (Phi) is 2.91. The molecule has 3 heterocycles. The summed E-state index contributed by atoms with van der Waals surface area (Å²) in [6.07, 6.45) is 7.66. The number of hydrogen-bond acceptors (Lipinski definition) is 3. The van der Waals surface area contributed by atoms with E-state index in [0.29, 0.717) is 6.42 Å². The molecule has 1 aromatic carbocycles. The van der Waals surface area contributed by atoms with Gasteiger partial charge < -0.3 is 14.4 Å². The molecule has 0 aliphatic carbocycles. The Balaban J connectivity index is 1.76. The summed E-state index contributed by atoms with van der Waals surface area (Å²) in [5, 5.41) is 0. The van der Waals surface area contributed by atoms with Crippen molar-refractivity contribution in [3.8, 4) is 5.75 Å². The van der Waals surface area contributed by atoms with Crippen LogP contribution in [0.2, 0.25) is 0 Å². The molecule has 4 atom stereocenters. The lowest BCUT2D eigenvalue weighted by atomic mass is 9.80. The smallest absolute Gasteiger partial charge is 0.233 e. The highest BCUT2D eigenvalue weighted by atomic mass is 16.5. The van der Waals surface area contributed by atoms with Gasteiger partial charge in [0.05, 0.1) is 25.2 Å². The molecule has 4 heteroatoms. The second-order valence-corrected chi connectivity index (χ2v) is 6.10. The molecule has 1 aromatic rings. The summed E-state index contributed by atoms with van der Waals surface area (Å²) in [6, 6.07) is 7.60. The van der Waals surface area contributed by atoms with Gasteiger partial charge in [0.2, 0.25) is 5.91 Å². The molecule has 0 N–H and O–H groups in total. The van der Waals surface area contributed by atoms with Crippen LogP contribution in [0.5, 0.6) is 5.75 Å². The molecule has 0 saturated carbocycles. The highest BCUT2D eigenvalue weighted by Gasteiger charge is 2.65. The molecule has 4 rings (SSSR count). The van der Waals surface area contributed by atoms with E-state index in [9.17, 15) is 4.79 Å². The third-order valence-corrected chi connectivity index (χ3v) is 5.05. The Morgan fingerprint density at radius 2 is 2.23 bits per heavy atom. The molecule has 114 valence electrons. The van der Waals surface area contributed by atoms with Gasteiger partial charge in [-0.2, -0.15) is 0 Å². The Hall–Kier alpha value is -2.07. The first-order valence-electron chi connectivity index (χ1n) is 7.65. The van der Waals surface area contributed by atoms with E-state index >= 15 is 0 Å². The lowest BCUT2D eigenvalue weighted by Crippen LogP contribution is -2.44. The second kappa shape index (κ2) is 4.71. The molecular weight excluding hydrogens is 278 g/mol. The molecule has 2 fully saturated rings. The Morgan fingerprint density at radius 3 is 2.86 bits per heavy atom. The van der Waals surface area contributed by atoms with Gasteiger partial charge in [-0.15, -0.1) is 6.58 Å². The summed E-state index contributed by atoms with van der Waals surface area (Å²) in [7, 11) is 1.64. The number of carbonyl (C=O) groups is 1. The Bertz CT molecular complexity index is 651. The van der Waals surface area contributed by atoms with E-state index in [1.165, 1.54) is 0 Å². The first-order valence-corrected chi connectivity index (χ1v) is 7.65. The minimum Gasteiger partial charge on any atom is -0.497 e. The zero-order valence-corrected chi connectivity index (χ0v) is 12.6. The summed E-state index contributed by atoms with van der Waals surface area (Å²) in [5.74, 6) is 0.865. The molecule has 3 aliphatic heterocycles. The van der Waals surface area contributed by atoms with E-state index in [0.717, 1.165) is 17.9 Å². The summed E-state index contributed by atoms with van der Waals surface area (Å²) >= 11 is 0. The number of nitrogens with zero attached hydrogens (tertiary/aromatic N) is 1. The standard InChI is InChI=1S/C18H19NO3/c1-3-4-16-18-10-9-14(22-18)11-15(18)17(20)19(16)12-5-7-13(21-2)8-6-12/h3,5-10,14-16H,1,4,11H2,2H3. The molecule has 1 spiro atoms. The molecular formula is C18H19NO3. The normalized spacial score (nSPS) is 35.0. The molecule has 0 radical (unpaired) electrons. The van der Waals surface area contributed by atoms with E-state index in [4.69, 9.17) is 9.47 Å². The molecule has 4 nitrogen and oxygen atoms in total. The predicted octanol–water partition coefficient (Wildman–Crippen LogP) is 2.70.